The number of nitrogens with zero attached hydrogens (tertiary/aromatic N) is 1. The molecular formula is C18H15ClN2O3S2. The van der Waals surface area contributed by atoms with Gasteiger partial charge in [-0.3, -0.25) is 4.79 Å². The summed E-state index contributed by atoms with van der Waals surface area (Å²) in [5.41, 5.74) is 0.939. The first-order chi connectivity index (χ1) is 12.4. The van der Waals surface area contributed by atoms with E-state index in [4.69, 9.17) is 11.6 Å². The Morgan fingerprint density at radius 3 is 2.42 bits per heavy atom. The van der Waals surface area contributed by atoms with Crippen LogP contribution >= 0.6 is 23.4 Å². The topological polar surface area (TPSA) is 87.0 Å². The molecule has 0 saturated carbocycles. The van der Waals surface area contributed by atoms with Gasteiger partial charge in [-0.2, -0.15) is 5.26 Å². The molecule has 5 nitrogen and oxygen atoms in total. The predicted molar refractivity (Wildman–Crippen MR) is 101 cm³/mol. The van der Waals surface area contributed by atoms with Crippen LogP contribution in [0.25, 0.3) is 0 Å². The Bertz CT molecular complexity index is 986. The highest BCUT2D eigenvalue weighted by Gasteiger charge is 2.37. The number of nitrogens with one attached hydrogen (secondary N) is 1. The largest absolute Gasteiger partial charge is 0.347 e. The number of hydrogen-bond donors (Lipinski definition) is 1. The number of carbonyl (C=O) groups excluding carboxylic acids is 1. The number of rotatable bonds is 4. The monoisotopic (exact) mass is 406 g/mol. The molecule has 1 aliphatic rings. The molecule has 1 aliphatic heterocycles. The molecule has 2 aromatic carbocycles. The van der Waals surface area contributed by atoms with Crippen molar-refractivity contribution in [3.05, 3.63) is 59.7 Å². The summed E-state index contributed by atoms with van der Waals surface area (Å²) in [6, 6.07) is 15.7. The third-order valence-electron chi connectivity index (χ3n) is 3.96. The van der Waals surface area contributed by atoms with E-state index in [9.17, 15) is 18.5 Å². The number of sulfone groups is 1. The summed E-state index contributed by atoms with van der Waals surface area (Å²) in [6.45, 7) is 0. The van der Waals surface area contributed by atoms with Crippen LogP contribution in [0.4, 0.5) is 0 Å². The molecule has 8 heteroatoms. The molecule has 1 amide bonds. The summed E-state index contributed by atoms with van der Waals surface area (Å²) in [6.07, 6.45) is 0. The second kappa shape index (κ2) is 7.70. The molecule has 2 atom stereocenters. The van der Waals surface area contributed by atoms with E-state index in [0.717, 1.165) is 4.90 Å². The van der Waals surface area contributed by atoms with E-state index < -0.39 is 21.3 Å². The first-order valence-electron chi connectivity index (χ1n) is 7.81. The van der Waals surface area contributed by atoms with Gasteiger partial charge in [0.1, 0.15) is 6.07 Å². The van der Waals surface area contributed by atoms with Gasteiger partial charge in [-0.15, -0.1) is 11.6 Å². The zero-order valence-corrected chi connectivity index (χ0v) is 15.9. The first kappa shape index (κ1) is 18.8. The van der Waals surface area contributed by atoms with Crippen molar-refractivity contribution in [2.24, 2.45) is 0 Å². The zero-order valence-electron chi connectivity index (χ0n) is 13.6. The summed E-state index contributed by atoms with van der Waals surface area (Å²) < 4.78 is 23.4. The SMILES string of the molecule is N#Cc1ccccc1Sc1ccccc1C(=O)NC1CS(=O)(=O)CC1Cl. The maximum Gasteiger partial charge on any atom is 0.252 e. The summed E-state index contributed by atoms with van der Waals surface area (Å²) in [5.74, 6) is -0.666. The van der Waals surface area contributed by atoms with Crippen LogP contribution in [-0.4, -0.2) is 37.2 Å². The van der Waals surface area contributed by atoms with E-state index in [-0.39, 0.29) is 17.4 Å². The lowest BCUT2D eigenvalue weighted by Crippen LogP contribution is -2.40. The standard InChI is InChI=1S/C18H15ClN2O3S2/c19-14-10-26(23,24)11-15(14)21-18(22)13-6-2-4-8-17(13)25-16-7-3-1-5-12(16)9-20/h1-8,14-15H,10-11H2,(H,21,22). The highest BCUT2D eigenvalue weighted by Crippen LogP contribution is 2.32. The molecule has 26 heavy (non-hydrogen) atoms. The average molecular weight is 407 g/mol. The molecule has 1 heterocycles. The van der Waals surface area contributed by atoms with Gasteiger partial charge in [-0.25, -0.2) is 8.42 Å². The van der Waals surface area contributed by atoms with Crippen LogP contribution in [0.1, 0.15) is 15.9 Å². The Balaban J connectivity index is 1.83. The third-order valence-corrected chi connectivity index (χ3v) is 7.49. The van der Waals surface area contributed by atoms with Gasteiger partial charge in [0.05, 0.1) is 34.1 Å². The quantitative estimate of drug-likeness (QED) is 0.789. The average Bonchev–Trinajstić information content (AvgIpc) is 2.87. The molecule has 0 aliphatic carbocycles. The van der Waals surface area contributed by atoms with Crippen LogP contribution in [0.15, 0.2) is 58.3 Å². The van der Waals surface area contributed by atoms with Crippen molar-refractivity contribution < 1.29 is 13.2 Å². The molecule has 1 N–H and O–H groups in total. The Kier molecular flexibility index (Phi) is 5.56. The van der Waals surface area contributed by atoms with Crippen LogP contribution in [0.5, 0.6) is 0 Å². The minimum atomic E-state index is -3.23. The summed E-state index contributed by atoms with van der Waals surface area (Å²) in [4.78, 5) is 14.1. The number of alkyl halides is 1. The van der Waals surface area contributed by atoms with E-state index in [0.29, 0.717) is 16.0 Å². The fourth-order valence-corrected chi connectivity index (χ4v) is 6.27. The lowest BCUT2D eigenvalue weighted by Gasteiger charge is -2.16. The lowest BCUT2D eigenvalue weighted by atomic mass is 10.2. The number of hydrogen-bond acceptors (Lipinski definition) is 5. The van der Waals surface area contributed by atoms with Gasteiger partial charge in [0.25, 0.3) is 5.91 Å². The summed E-state index contributed by atoms with van der Waals surface area (Å²) >= 11 is 7.39. The number of benzene rings is 2. The van der Waals surface area contributed by atoms with E-state index in [2.05, 4.69) is 11.4 Å². The van der Waals surface area contributed by atoms with Crippen LogP contribution in [-0.2, 0) is 9.84 Å². The second-order valence-corrected chi connectivity index (χ2v) is 9.68. The maximum atomic E-state index is 12.7. The highest BCUT2D eigenvalue weighted by atomic mass is 35.5. The molecular weight excluding hydrogens is 392 g/mol. The van der Waals surface area contributed by atoms with Crippen LogP contribution in [0, 0.1) is 11.3 Å². The molecule has 0 aromatic heterocycles. The number of halogens is 1. The van der Waals surface area contributed by atoms with Crippen LogP contribution < -0.4 is 5.32 Å². The van der Waals surface area contributed by atoms with Crippen molar-refractivity contribution in [1.29, 1.82) is 5.26 Å². The number of nitriles is 1. The number of carbonyl (C=O) groups is 1. The minimum absolute atomic E-state index is 0.133. The second-order valence-electron chi connectivity index (χ2n) is 5.88. The van der Waals surface area contributed by atoms with Gasteiger partial charge in [-0.1, -0.05) is 36.0 Å². The molecule has 2 unspecified atom stereocenters. The van der Waals surface area contributed by atoms with E-state index >= 15 is 0 Å². The van der Waals surface area contributed by atoms with Gasteiger partial charge in [-0.05, 0) is 24.3 Å². The zero-order chi connectivity index (χ0) is 18.7. The van der Waals surface area contributed by atoms with E-state index in [1.165, 1.54) is 11.8 Å². The summed E-state index contributed by atoms with van der Waals surface area (Å²) in [7, 11) is -3.23. The molecule has 0 bridgehead atoms. The normalized spacial score (nSPS) is 21.1. The summed E-state index contributed by atoms with van der Waals surface area (Å²) in [5, 5.41) is 11.3. The number of amides is 1. The van der Waals surface area contributed by atoms with Crippen molar-refractivity contribution in [3.63, 3.8) is 0 Å². The van der Waals surface area contributed by atoms with Gasteiger partial charge < -0.3 is 5.32 Å². The van der Waals surface area contributed by atoms with Crippen molar-refractivity contribution in [3.8, 4) is 6.07 Å². The van der Waals surface area contributed by atoms with E-state index in [1.807, 2.05) is 12.1 Å². The minimum Gasteiger partial charge on any atom is -0.347 e. The highest BCUT2D eigenvalue weighted by molar-refractivity contribution is 7.99. The Morgan fingerprint density at radius 2 is 1.77 bits per heavy atom. The van der Waals surface area contributed by atoms with Gasteiger partial charge >= 0.3 is 0 Å². The molecule has 1 saturated heterocycles. The maximum absolute atomic E-state index is 12.7. The van der Waals surface area contributed by atoms with Crippen molar-refractivity contribution in [2.75, 3.05) is 11.5 Å². The van der Waals surface area contributed by atoms with Crippen LogP contribution in [0.2, 0.25) is 0 Å². The smallest absolute Gasteiger partial charge is 0.252 e. The van der Waals surface area contributed by atoms with Crippen molar-refractivity contribution >= 4 is 39.1 Å². The van der Waals surface area contributed by atoms with Crippen molar-refractivity contribution in [1.82, 2.24) is 5.32 Å². The third kappa shape index (κ3) is 4.21. The lowest BCUT2D eigenvalue weighted by molar-refractivity contribution is 0.0938. The van der Waals surface area contributed by atoms with Crippen LogP contribution in [0.3, 0.4) is 0 Å². The predicted octanol–water partition coefficient (Wildman–Crippen LogP) is 2.84. The fourth-order valence-electron chi connectivity index (χ4n) is 2.69. The fraction of sp³-hybridized carbons (Fsp3) is 0.222. The molecule has 3 rings (SSSR count). The Hall–Kier alpha value is -2.01. The molecule has 1 fully saturated rings. The molecule has 0 spiro atoms. The van der Waals surface area contributed by atoms with Crippen molar-refractivity contribution in [2.45, 2.75) is 21.2 Å². The van der Waals surface area contributed by atoms with Gasteiger partial charge in [0.2, 0.25) is 0 Å². The van der Waals surface area contributed by atoms with Gasteiger partial charge in [0, 0.05) is 9.79 Å². The Morgan fingerprint density at radius 1 is 1.12 bits per heavy atom. The molecule has 0 radical (unpaired) electrons. The molecule has 2 aromatic rings. The van der Waals surface area contributed by atoms with E-state index in [1.54, 1.807) is 36.4 Å². The van der Waals surface area contributed by atoms with Gasteiger partial charge in [0.15, 0.2) is 9.84 Å². The molecule has 134 valence electrons. The first-order valence-corrected chi connectivity index (χ1v) is 10.9. The Labute approximate surface area is 161 Å².